The Labute approximate surface area is 355 Å². The Kier molecular flexibility index (Phi) is 7.73. The van der Waals surface area contributed by atoms with Crippen LogP contribution >= 0.6 is 11.3 Å². The first kappa shape index (κ1) is 35.0. The maximum Gasteiger partial charge on any atom is 0.0714 e. The summed E-state index contributed by atoms with van der Waals surface area (Å²) in [6.07, 6.45) is 0. The smallest absolute Gasteiger partial charge is 0.0714 e. The van der Waals surface area contributed by atoms with E-state index in [1.54, 1.807) is 0 Å². The molecular formula is C58H41NS. The normalized spacial score (nSPS) is 14.1. The third-order valence-corrected chi connectivity index (χ3v) is 14.4. The summed E-state index contributed by atoms with van der Waals surface area (Å²) in [5.74, 6) is 0. The van der Waals surface area contributed by atoms with Crippen LogP contribution in [0.1, 0.15) is 47.2 Å². The number of nitrogens with zero attached hydrogens (tertiary/aromatic N) is 1. The van der Waals surface area contributed by atoms with Gasteiger partial charge >= 0.3 is 0 Å². The lowest BCUT2D eigenvalue weighted by Gasteiger charge is -2.34. The Hall–Kier alpha value is -7.00. The van der Waals surface area contributed by atoms with Crippen molar-refractivity contribution in [3.05, 3.63) is 246 Å². The number of rotatable bonds is 6. The van der Waals surface area contributed by atoms with Crippen LogP contribution < -0.4 is 4.90 Å². The molecule has 10 aromatic rings. The summed E-state index contributed by atoms with van der Waals surface area (Å²) >= 11 is 1.91. The number of para-hydroxylation sites is 1. The minimum absolute atomic E-state index is 0.120. The van der Waals surface area contributed by atoms with E-state index in [0.717, 1.165) is 17.1 Å². The van der Waals surface area contributed by atoms with Gasteiger partial charge in [-0.3, -0.25) is 0 Å². The minimum Gasteiger partial charge on any atom is -0.310 e. The van der Waals surface area contributed by atoms with Crippen LogP contribution in [0.4, 0.5) is 17.1 Å². The molecule has 9 aromatic carbocycles. The molecule has 1 nitrogen and oxygen atoms in total. The first-order chi connectivity index (χ1) is 29.5. The maximum absolute atomic E-state index is 2.54. The average molecular weight is 784 g/mol. The van der Waals surface area contributed by atoms with E-state index in [-0.39, 0.29) is 5.41 Å². The summed E-state index contributed by atoms with van der Waals surface area (Å²) in [5.41, 5.74) is 18.4. The van der Waals surface area contributed by atoms with Crippen molar-refractivity contribution in [3.63, 3.8) is 0 Å². The van der Waals surface area contributed by atoms with Crippen LogP contribution in [-0.4, -0.2) is 0 Å². The van der Waals surface area contributed by atoms with Gasteiger partial charge in [0.15, 0.2) is 0 Å². The second-order valence-electron chi connectivity index (χ2n) is 16.8. The molecule has 12 rings (SSSR count). The van der Waals surface area contributed by atoms with E-state index in [2.05, 4.69) is 231 Å². The van der Waals surface area contributed by atoms with Crippen molar-refractivity contribution >= 4 is 48.6 Å². The number of hydrogen-bond donors (Lipinski definition) is 0. The topological polar surface area (TPSA) is 3.24 Å². The fourth-order valence-electron chi connectivity index (χ4n) is 10.7. The summed E-state index contributed by atoms with van der Waals surface area (Å²) in [6, 6.07) is 79.2. The van der Waals surface area contributed by atoms with Crippen LogP contribution in [0, 0.1) is 0 Å². The Morgan fingerprint density at radius 1 is 0.383 bits per heavy atom. The third-order valence-electron chi connectivity index (χ3n) is 13.3. The Morgan fingerprint density at radius 3 is 1.70 bits per heavy atom. The predicted octanol–water partition coefficient (Wildman–Crippen LogP) is 15.9. The van der Waals surface area contributed by atoms with Crippen LogP contribution in [-0.2, 0) is 10.8 Å². The molecule has 60 heavy (non-hydrogen) atoms. The number of fused-ring (bicyclic) bond motifs is 9. The molecule has 0 N–H and O–H groups in total. The SMILES string of the molecule is CC1(C)c2ccccc2-c2ccc(N(c3ccccc3)c3ccc4c(c3)-c3c(cc5sc6ccccc6c5c3-c3ccccc3)C4(c3ccccc3)c3ccccc3)cc21. The summed E-state index contributed by atoms with van der Waals surface area (Å²) in [6.45, 7) is 4.74. The molecule has 0 unspecified atom stereocenters. The largest absolute Gasteiger partial charge is 0.310 e. The molecule has 2 aliphatic carbocycles. The first-order valence-electron chi connectivity index (χ1n) is 20.9. The highest BCUT2D eigenvalue weighted by atomic mass is 32.1. The third kappa shape index (κ3) is 4.92. The number of thiophene rings is 1. The second-order valence-corrected chi connectivity index (χ2v) is 17.9. The van der Waals surface area contributed by atoms with Gasteiger partial charge in [-0.05, 0) is 115 Å². The van der Waals surface area contributed by atoms with Crippen LogP contribution in [0.25, 0.3) is 53.6 Å². The fourth-order valence-corrected chi connectivity index (χ4v) is 11.9. The van der Waals surface area contributed by atoms with Gasteiger partial charge in [0.2, 0.25) is 0 Å². The lowest BCUT2D eigenvalue weighted by Crippen LogP contribution is -2.28. The fraction of sp³-hybridized carbons (Fsp3) is 0.0690. The van der Waals surface area contributed by atoms with E-state index in [0.29, 0.717) is 0 Å². The van der Waals surface area contributed by atoms with E-state index >= 15 is 0 Å². The van der Waals surface area contributed by atoms with Crippen molar-refractivity contribution in [1.82, 2.24) is 0 Å². The molecule has 0 bridgehead atoms. The lowest BCUT2D eigenvalue weighted by molar-refractivity contribution is 0.660. The molecular weight excluding hydrogens is 743 g/mol. The molecule has 0 radical (unpaired) electrons. The molecule has 0 spiro atoms. The molecule has 2 heteroatoms. The average Bonchev–Trinajstić information content (AvgIpc) is 3.90. The lowest BCUT2D eigenvalue weighted by atomic mass is 9.67. The van der Waals surface area contributed by atoms with Crippen molar-refractivity contribution in [2.75, 3.05) is 4.90 Å². The van der Waals surface area contributed by atoms with Crippen LogP contribution in [0.3, 0.4) is 0 Å². The molecule has 0 aliphatic heterocycles. The van der Waals surface area contributed by atoms with Gasteiger partial charge in [-0.15, -0.1) is 11.3 Å². The zero-order valence-electron chi connectivity index (χ0n) is 33.6. The molecule has 2 aliphatic rings. The Bertz CT molecular complexity index is 3230. The highest BCUT2D eigenvalue weighted by Gasteiger charge is 2.48. The zero-order valence-corrected chi connectivity index (χ0v) is 34.4. The van der Waals surface area contributed by atoms with Gasteiger partial charge in [0.25, 0.3) is 0 Å². The zero-order chi connectivity index (χ0) is 40.0. The molecule has 0 fully saturated rings. The number of anilines is 3. The summed E-state index contributed by atoms with van der Waals surface area (Å²) in [7, 11) is 0. The van der Waals surface area contributed by atoms with E-state index < -0.39 is 5.41 Å². The molecule has 0 atom stereocenters. The van der Waals surface area contributed by atoms with Crippen LogP contribution in [0.2, 0.25) is 0 Å². The van der Waals surface area contributed by atoms with Crippen molar-refractivity contribution in [2.45, 2.75) is 24.7 Å². The Balaban J connectivity index is 1.20. The monoisotopic (exact) mass is 783 g/mol. The van der Waals surface area contributed by atoms with E-state index in [1.165, 1.54) is 86.9 Å². The first-order valence-corrected chi connectivity index (χ1v) is 21.7. The van der Waals surface area contributed by atoms with Crippen molar-refractivity contribution in [3.8, 4) is 33.4 Å². The van der Waals surface area contributed by atoms with Gasteiger partial charge in [0, 0.05) is 42.6 Å². The van der Waals surface area contributed by atoms with Gasteiger partial charge in [0.1, 0.15) is 0 Å². The standard InChI is InChI=1S/C58H41NS/c1-57(2)48-29-17-15-27-44(48)45-33-31-43(36-50(45)57)59(41-25-13-6-14-26-41)42-32-34-49-47(35-42)55-51(58(49,39-21-9-4-10-22-39)40-23-11-5-12-24-40)37-53-56(46-28-16-18-30-52(46)60-53)54(55)38-19-7-3-8-20-38/h3-37H,1-2H3. The molecule has 1 heterocycles. The predicted molar refractivity (Wildman–Crippen MR) is 254 cm³/mol. The summed E-state index contributed by atoms with van der Waals surface area (Å²) < 4.78 is 2.62. The highest BCUT2D eigenvalue weighted by Crippen LogP contribution is 2.62. The molecule has 0 amide bonds. The number of hydrogen-bond acceptors (Lipinski definition) is 2. The summed E-state index contributed by atoms with van der Waals surface area (Å²) in [4.78, 5) is 2.46. The molecule has 0 saturated heterocycles. The molecule has 0 saturated carbocycles. The van der Waals surface area contributed by atoms with E-state index in [1.807, 2.05) is 11.3 Å². The van der Waals surface area contributed by atoms with E-state index in [9.17, 15) is 0 Å². The molecule has 1 aromatic heterocycles. The van der Waals surface area contributed by atoms with E-state index in [4.69, 9.17) is 0 Å². The van der Waals surface area contributed by atoms with Crippen LogP contribution in [0.15, 0.2) is 212 Å². The summed E-state index contributed by atoms with van der Waals surface area (Å²) in [5, 5.41) is 2.63. The van der Waals surface area contributed by atoms with Gasteiger partial charge in [-0.2, -0.15) is 0 Å². The van der Waals surface area contributed by atoms with Gasteiger partial charge in [0.05, 0.1) is 5.41 Å². The van der Waals surface area contributed by atoms with Crippen LogP contribution in [0.5, 0.6) is 0 Å². The number of benzene rings is 9. The Morgan fingerprint density at radius 2 is 0.967 bits per heavy atom. The van der Waals surface area contributed by atoms with Crippen molar-refractivity contribution in [1.29, 1.82) is 0 Å². The van der Waals surface area contributed by atoms with Gasteiger partial charge in [-0.25, -0.2) is 0 Å². The highest BCUT2D eigenvalue weighted by molar-refractivity contribution is 7.26. The maximum atomic E-state index is 2.54. The van der Waals surface area contributed by atoms with Gasteiger partial charge < -0.3 is 4.90 Å². The quantitative estimate of drug-likeness (QED) is 0.162. The van der Waals surface area contributed by atoms with Gasteiger partial charge in [-0.1, -0.05) is 178 Å². The molecule has 284 valence electrons. The second kappa shape index (κ2) is 13.3. The van der Waals surface area contributed by atoms with Crippen molar-refractivity contribution in [2.24, 2.45) is 0 Å². The minimum atomic E-state index is -0.555. The van der Waals surface area contributed by atoms with Crippen molar-refractivity contribution < 1.29 is 0 Å².